The Bertz CT molecular complexity index is 1270. The Hall–Kier alpha value is -3.56. The Balaban J connectivity index is 1.49. The number of hydrogen-bond donors (Lipinski definition) is 0. The van der Waals surface area contributed by atoms with Crippen LogP contribution in [0.4, 0.5) is 0 Å². The molecule has 35 heavy (non-hydrogen) atoms. The third-order valence-electron chi connectivity index (χ3n) is 5.36. The third kappa shape index (κ3) is 5.93. The lowest BCUT2D eigenvalue weighted by Gasteiger charge is -2.13. The number of benzene rings is 2. The molecule has 0 amide bonds. The molecule has 182 valence electrons. The largest absolute Gasteiger partial charge is 0.485 e. The number of furan rings is 1. The molecule has 0 radical (unpaired) electrons. The van der Waals surface area contributed by atoms with Gasteiger partial charge in [-0.2, -0.15) is 0 Å². The molecule has 4 aromatic rings. The van der Waals surface area contributed by atoms with Gasteiger partial charge in [0, 0.05) is 19.2 Å². The van der Waals surface area contributed by atoms with E-state index >= 15 is 0 Å². The van der Waals surface area contributed by atoms with Crippen molar-refractivity contribution in [3.05, 3.63) is 83.6 Å². The summed E-state index contributed by atoms with van der Waals surface area (Å²) in [6.07, 6.45) is 0. The second-order valence-corrected chi connectivity index (χ2v) is 8.60. The van der Waals surface area contributed by atoms with Crippen molar-refractivity contribution in [2.24, 2.45) is 0 Å². The van der Waals surface area contributed by atoms with Gasteiger partial charge >= 0.3 is 5.97 Å². The molecule has 0 aliphatic heterocycles. The van der Waals surface area contributed by atoms with Crippen molar-refractivity contribution in [2.45, 2.75) is 31.0 Å². The number of esters is 1. The number of thioether (sulfide) groups is 1. The van der Waals surface area contributed by atoms with Gasteiger partial charge < -0.3 is 23.2 Å². The Morgan fingerprint density at radius 1 is 1.06 bits per heavy atom. The van der Waals surface area contributed by atoms with Crippen LogP contribution in [0.5, 0.6) is 5.75 Å². The third-order valence-corrected chi connectivity index (χ3v) is 6.35. The fourth-order valence-electron chi connectivity index (χ4n) is 3.59. The second kappa shape index (κ2) is 11.7. The number of para-hydroxylation sites is 1. The van der Waals surface area contributed by atoms with Crippen molar-refractivity contribution in [1.82, 2.24) is 14.8 Å². The van der Waals surface area contributed by atoms with Crippen LogP contribution in [0.1, 0.15) is 27.7 Å². The predicted octanol–water partition coefficient (Wildman–Crippen LogP) is 5.15. The zero-order valence-corrected chi connectivity index (χ0v) is 20.7. The van der Waals surface area contributed by atoms with Gasteiger partial charge in [-0.25, -0.2) is 4.79 Å². The average molecular weight is 494 g/mol. The number of carbonyl (C=O) groups excluding carboxylic acids is 1. The van der Waals surface area contributed by atoms with E-state index < -0.39 is 5.97 Å². The van der Waals surface area contributed by atoms with Crippen molar-refractivity contribution in [2.75, 3.05) is 20.8 Å². The van der Waals surface area contributed by atoms with Crippen LogP contribution in [0, 0.1) is 6.92 Å². The molecule has 0 saturated heterocycles. The molecule has 0 saturated carbocycles. The Kier molecular flexibility index (Phi) is 8.23. The van der Waals surface area contributed by atoms with Crippen LogP contribution in [0.15, 0.2) is 70.2 Å². The highest BCUT2D eigenvalue weighted by Crippen LogP contribution is 2.30. The highest BCUT2D eigenvalue weighted by Gasteiger charge is 2.18. The molecule has 0 atom stereocenters. The number of nitrogens with zero attached hydrogens (tertiary/aromatic N) is 3. The molecular formula is C26H27N3O5S. The van der Waals surface area contributed by atoms with Gasteiger partial charge in [0.25, 0.3) is 0 Å². The molecular weight excluding hydrogens is 466 g/mol. The van der Waals surface area contributed by atoms with E-state index in [0.717, 1.165) is 16.9 Å². The lowest BCUT2D eigenvalue weighted by atomic mass is 10.1. The SMILES string of the molecule is COCCn1c(COc2ccccc2-c2ccccc2)nnc1SCc1cc(C(=O)OC)c(C)o1. The minimum Gasteiger partial charge on any atom is -0.485 e. The average Bonchev–Trinajstić information content (AvgIpc) is 3.47. The van der Waals surface area contributed by atoms with Crippen LogP contribution in [-0.4, -0.2) is 41.6 Å². The molecule has 2 heterocycles. The Labute approximate surface area is 208 Å². The molecule has 0 spiro atoms. The van der Waals surface area contributed by atoms with Crippen LogP contribution in [0.2, 0.25) is 0 Å². The minimum atomic E-state index is -0.416. The molecule has 0 fully saturated rings. The van der Waals surface area contributed by atoms with Crippen molar-refractivity contribution in [3.8, 4) is 16.9 Å². The lowest BCUT2D eigenvalue weighted by molar-refractivity contribution is 0.0599. The van der Waals surface area contributed by atoms with E-state index in [4.69, 9.17) is 18.6 Å². The first kappa shape index (κ1) is 24.6. The highest BCUT2D eigenvalue weighted by molar-refractivity contribution is 7.98. The summed E-state index contributed by atoms with van der Waals surface area (Å²) in [4.78, 5) is 11.9. The van der Waals surface area contributed by atoms with Crippen molar-refractivity contribution >= 4 is 17.7 Å². The van der Waals surface area contributed by atoms with Crippen LogP contribution in [-0.2, 0) is 28.4 Å². The number of methoxy groups -OCH3 is 2. The van der Waals surface area contributed by atoms with Gasteiger partial charge in [0.15, 0.2) is 11.0 Å². The zero-order valence-electron chi connectivity index (χ0n) is 19.9. The number of ether oxygens (including phenoxy) is 3. The fraction of sp³-hybridized carbons (Fsp3) is 0.269. The van der Waals surface area contributed by atoms with Crippen LogP contribution >= 0.6 is 11.8 Å². The number of aromatic nitrogens is 3. The summed E-state index contributed by atoms with van der Waals surface area (Å²) >= 11 is 1.47. The maximum atomic E-state index is 11.9. The normalized spacial score (nSPS) is 10.9. The first-order valence-corrected chi connectivity index (χ1v) is 12.1. The van der Waals surface area contributed by atoms with Crippen molar-refractivity contribution < 1.29 is 23.4 Å². The summed E-state index contributed by atoms with van der Waals surface area (Å²) in [5.74, 6) is 2.72. The van der Waals surface area contributed by atoms with Gasteiger partial charge in [-0.1, -0.05) is 60.3 Å². The summed E-state index contributed by atoms with van der Waals surface area (Å²) in [5.41, 5.74) is 2.52. The van der Waals surface area contributed by atoms with E-state index in [1.807, 2.05) is 47.0 Å². The summed E-state index contributed by atoms with van der Waals surface area (Å²) in [6.45, 7) is 3.08. The molecule has 0 bridgehead atoms. The molecule has 4 rings (SSSR count). The summed E-state index contributed by atoms with van der Waals surface area (Å²) in [7, 11) is 3.01. The number of hydrogen-bond acceptors (Lipinski definition) is 8. The Morgan fingerprint density at radius 3 is 2.60 bits per heavy atom. The lowest BCUT2D eigenvalue weighted by Crippen LogP contribution is -2.12. The molecule has 2 aromatic heterocycles. The van der Waals surface area contributed by atoms with Gasteiger partial charge in [0.05, 0.1) is 19.5 Å². The van der Waals surface area contributed by atoms with E-state index in [0.29, 0.717) is 47.0 Å². The van der Waals surface area contributed by atoms with Gasteiger partial charge in [-0.05, 0) is 24.6 Å². The van der Waals surface area contributed by atoms with Crippen LogP contribution in [0.25, 0.3) is 11.1 Å². The van der Waals surface area contributed by atoms with E-state index in [-0.39, 0.29) is 6.61 Å². The first-order valence-electron chi connectivity index (χ1n) is 11.1. The minimum absolute atomic E-state index is 0.257. The number of carbonyl (C=O) groups is 1. The first-order chi connectivity index (χ1) is 17.1. The summed E-state index contributed by atoms with van der Waals surface area (Å²) < 4.78 is 24.0. The van der Waals surface area contributed by atoms with Crippen molar-refractivity contribution in [1.29, 1.82) is 0 Å². The molecule has 9 heteroatoms. The highest BCUT2D eigenvalue weighted by atomic mass is 32.2. The van der Waals surface area contributed by atoms with Gasteiger partial charge in [0.2, 0.25) is 0 Å². The van der Waals surface area contributed by atoms with E-state index in [2.05, 4.69) is 22.3 Å². The molecule has 8 nitrogen and oxygen atoms in total. The zero-order chi connectivity index (χ0) is 24.6. The quantitative estimate of drug-likeness (QED) is 0.209. The molecule has 0 aliphatic carbocycles. The molecule has 0 unspecified atom stereocenters. The maximum Gasteiger partial charge on any atom is 0.341 e. The smallest absolute Gasteiger partial charge is 0.341 e. The van der Waals surface area contributed by atoms with Gasteiger partial charge in [-0.3, -0.25) is 0 Å². The molecule has 0 aliphatic rings. The Morgan fingerprint density at radius 2 is 1.83 bits per heavy atom. The topological polar surface area (TPSA) is 88.6 Å². The van der Waals surface area contributed by atoms with Gasteiger partial charge in [-0.15, -0.1) is 10.2 Å². The van der Waals surface area contributed by atoms with Crippen LogP contribution in [0.3, 0.4) is 0 Å². The van der Waals surface area contributed by atoms with Gasteiger partial charge in [0.1, 0.15) is 29.4 Å². The molecule has 2 aromatic carbocycles. The number of rotatable bonds is 11. The van der Waals surface area contributed by atoms with E-state index in [9.17, 15) is 4.79 Å². The predicted molar refractivity (Wildman–Crippen MR) is 132 cm³/mol. The summed E-state index contributed by atoms with van der Waals surface area (Å²) in [6, 6.07) is 19.7. The van der Waals surface area contributed by atoms with E-state index in [1.165, 1.54) is 18.9 Å². The monoisotopic (exact) mass is 493 g/mol. The fourth-order valence-corrected chi connectivity index (χ4v) is 4.46. The summed E-state index contributed by atoms with van der Waals surface area (Å²) in [5, 5.41) is 9.45. The number of aryl methyl sites for hydroxylation is 1. The van der Waals surface area contributed by atoms with Crippen LogP contribution < -0.4 is 4.74 Å². The van der Waals surface area contributed by atoms with Crippen molar-refractivity contribution in [3.63, 3.8) is 0 Å². The second-order valence-electron chi connectivity index (χ2n) is 7.66. The maximum absolute atomic E-state index is 11.9. The molecule has 0 N–H and O–H groups in total. The van der Waals surface area contributed by atoms with E-state index in [1.54, 1.807) is 20.1 Å². The standard InChI is InChI=1S/C26H27N3O5S/c1-18-22(25(30)32-3)15-20(34-18)17-35-26-28-27-24(29(26)13-14-31-2)16-33-23-12-8-7-11-21(23)19-9-5-4-6-10-19/h4-12,15H,13-14,16-17H2,1-3H3.